The molecule has 2 N–H and O–H groups in total. The van der Waals surface area contributed by atoms with Gasteiger partial charge in [-0.15, -0.1) is 46.7 Å². The number of rotatable bonds is 6. The van der Waals surface area contributed by atoms with E-state index in [1.54, 1.807) is 29.7 Å². The summed E-state index contributed by atoms with van der Waals surface area (Å²) < 4.78 is 0.836. The fourth-order valence-electron chi connectivity index (χ4n) is 1.76. The summed E-state index contributed by atoms with van der Waals surface area (Å²) >= 11 is 9.28. The largest absolute Gasteiger partial charge is 0.356 e. The molecule has 0 aliphatic rings. The van der Waals surface area contributed by atoms with Crippen LogP contribution in [0.4, 0.5) is 0 Å². The number of aliphatic imine (C=N–C) groups is 1. The van der Waals surface area contributed by atoms with E-state index in [4.69, 9.17) is 11.6 Å². The highest BCUT2D eigenvalue weighted by Gasteiger charge is 2.03. The van der Waals surface area contributed by atoms with Crippen LogP contribution in [0.2, 0.25) is 4.34 Å². The standard InChI is InChI=1S/C14H19ClN4S2.HI/c1-3-10-8-18-13(21-10)9-19-14(16-2)17-7-6-11-4-5-12(15)20-11;/h4-5,8H,3,6-7,9H2,1-2H3,(H2,16,17,19);1H. The Labute approximate surface area is 161 Å². The average Bonchev–Trinajstić information content (AvgIpc) is 3.11. The Kier molecular flexibility index (Phi) is 9.30. The third kappa shape index (κ3) is 6.39. The van der Waals surface area contributed by atoms with Gasteiger partial charge in [-0.05, 0) is 25.0 Å². The summed E-state index contributed by atoms with van der Waals surface area (Å²) in [6.07, 6.45) is 3.92. The van der Waals surface area contributed by atoms with E-state index in [0.29, 0.717) is 6.54 Å². The van der Waals surface area contributed by atoms with Crippen molar-refractivity contribution in [2.45, 2.75) is 26.3 Å². The number of aryl methyl sites for hydroxylation is 1. The summed E-state index contributed by atoms with van der Waals surface area (Å²) in [6, 6.07) is 4.00. The highest BCUT2D eigenvalue weighted by atomic mass is 127. The van der Waals surface area contributed by atoms with Crippen LogP contribution in [0, 0.1) is 0 Å². The average molecular weight is 471 g/mol. The Morgan fingerprint density at radius 2 is 2.09 bits per heavy atom. The highest BCUT2D eigenvalue weighted by molar-refractivity contribution is 14.0. The number of nitrogens with zero attached hydrogens (tertiary/aromatic N) is 2. The van der Waals surface area contributed by atoms with Crippen LogP contribution in [0.5, 0.6) is 0 Å². The first-order valence-corrected chi connectivity index (χ1v) is 8.84. The smallest absolute Gasteiger partial charge is 0.191 e. The van der Waals surface area contributed by atoms with Crippen molar-refractivity contribution in [2.75, 3.05) is 13.6 Å². The van der Waals surface area contributed by atoms with Gasteiger partial charge in [-0.25, -0.2) is 4.98 Å². The minimum Gasteiger partial charge on any atom is -0.356 e. The van der Waals surface area contributed by atoms with Crippen molar-refractivity contribution in [1.29, 1.82) is 0 Å². The summed E-state index contributed by atoms with van der Waals surface area (Å²) in [7, 11) is 1.77. The van der Waals surface area contributed by atoms with Crippen molar-refractivity contribution in [3.63, 3.8) is 0 Å². The van der Waals surface area contributed by atoms with Crippen molar-refractivity contribution in [2.24, 2.45) is 4.99 Å². The monoisotopic (exact) mass is 470 g/mol. The predicted molar refractivity (Wildman–Crippen MR) is 108 cm³/mol. The molecule has 2 rings (SSSR count). The molecule has 0 radical (unpaired) electrons. The molecule has 2 aromatic heterocycles. The van der Waals surface area contributed by atoms with Crippen LogP contribution in [-0.4, -0.2) is 24.5 Å². The molecule has 0 spiro atoms. The fourth-order valence-corrected chi connectivity index (χ4v) is 3.65. The maximum atomic E-state index is 5.92. The molecule has 2 heterocycles. The lowest BCUT2D eigenvalue weighted by atomic mass is 10.3. The molecule has 0 unspecified atom stereocenters. The first-order valence-electron chi connectivity index (χ1n) is 6.83. The molecule has 22 heavy (non-hydrogen) atoms. The number of nitrogens with one attached hydrogen (secondary N) is 2. The van der Waals surface area contributed by atoms with Crippen LogP contribution >= 0.6 is 58.3 Å². The molecule has 122 valence electrons. The third-order valence-electron chi connectivity index (χ3n) is 2.87. The van der Waals surface area contributed by atoms with E-state index in [9.17, 15) is 0 Å². The molecule has 0 saturated heterocycles. The van der Waals surface area contributed by atoms with Crippen molar-refractivity contribution in [3.05, 3.63) is 37.4 Å². The van der Waals surface area contributed by atoms with Crippen LogP contribution in [0.3, 0.4) is 0 Å². The van der Waals surface area contributed by atoms with Gasteiger partial charge in [0, 0.05) is 29.5 Å². The number of guanidine groups is 1. The summed E-state index contributed by atoms with van der Waals surface area (Å²) in [5.74, 6) is 0.797. The molecule has 0 bridgehead atoms. The van der Waals surface area contributed by atoms with Crippen LogP contribution in [-0.2, 0) is 19.4 Å². The van der Waals surface area contributed by atoms with Gasteiger partial charge in [0.25, 0.3) is 0 Å². The molecule has 0 amide bonds. The van der Waals surface area contributed by atoms with E-state index in [0.717, 1.165) is 34.7 Å². The zero-order valence-electron chi connectivity index (χ0n) is 12.6. The van der Waals surface area contributed by atoms with Crippen LogP contribution in [0.25, 0.3) is 0 Å². The summed E-state index contributed by atoms with van der Waals surface area (Å²) in [6.45, 7) is 3.67. The minimum absolute atomic E-state index is 0. The Hall–Kier alpha value is -0.380. The van der Waals surface area contributed by atoms with E-state index < -0.39 is 0 Å². The Morgan fingerprint density at radius 3 is 2.68 bits per heavy atom. The lowest BCUT2D eigenvalue weighted by Gasteiger charge is -2.10. The first kappa shape index (κ1) is 19.7. The summed E-state index contributed by atoms with van der Waals surface area (Å²) in [5.41, 5.74) is 0. The molecule has 8 heteroatoms. The summed E-state index contributed by atoms with van der Waals surface area (Å²) in [5, 5.41) is 7.66. The van der Waals surface area contributed by atoms with Gasteiger partial charge in [0.2, 0.25) is 0 Å². The molecule has 0 aliphatic heterocycles. The van der Waals surface area contributed by atoms with Gasteiger partial charge >= 0.3 is 0 Å². The lowest BCUT2D eigenvalue weighted by Crippen LogP contribution is -2.37. The molecule has 0 aliphatic carbocycles. The minimum atomic E-state index is 0. The Morgan fingerprint density at radius 1 is 1.27 bits per heavy atom. The normalized spacial score (nSPS) is 11.1. The topological polar surface area (TPSA) is 49.3 Å². The molecule has 2 aromatic rings. The zero-order chi connectivity index (χ0) is 15.1. The third-order valence-corrected chi connectivity index (χ3v) is 5.31. The molecular formula is C14H20ClIN4S2. The van der Waals surface area contributed by atoms with Gasteiger partial charge in [0.1, 0.15) is 5.01 Å². The van der Waals surface area contributed by atoms with Crippen molar-refractivity contribution in [3.8, 4) is 0 Å². The number of halogens is 2. The first-order chi connectivity index (χ1) is 10.2. The number of aromatic nitrogens is 1. The fraction of sp³-hybridized carbons (Fsp3) is 0.429. The van der Waals surface area contributed by atoms with Gasteiger partial charge in [-0.1, -0.05) is 18.5 Å². The van der Waals surface area contributed by atoms with Crippen molar-refractivity contribution >= 4 is 64.2 Å². The molecule has 0 fully saturated rings. The van der Waals surface area contributed by atoms with E-state index in [1.807, 2.05) is 12.3 Å². The molecule has 0 atom stereocenters. The van der Waals surface area contributed by atoms with E-state index in [2.05, 4.69) is 33.6 Å². The molecular weight excluding hydrogens is 451 g/mol. The molecule has 0 aromatic carbocycles. The molecule has 0 saturated carbocycles. The second-order valence-electron chi connectivity index (χ2n) is 4.38. The van der Waals surface area contributed by atoms with Crippen molar-refractivity contribution in [1.82, 2.24) is 15.6 Å². The lowest BCUT2D eigenvalue weighted by molar-refractivity contribution is 0.796. The molecule has 4 nitrogen and oxygen atoms in total. The highest BCUT2D eigenvalue weighted by Crippen LogP contribution is 2.21. The number of thiophene rings is 1. The van der Waals surface area contributed by atoms with Gasteiger partial charge in [-0.3, -0.25) is 4.99 Å². The zero-order valence-corrected chi connectivity index (χ0v) is 17.3. The predicted octanol–water partition coefficient (Wildman–Crippen LogP) is 3.95. The van der Waals surface area contributed by atoms with E-state index in [1.165, 1.54) is 9.75 Å². The van der Waals surface area contributed by atoms with E-state index in [-0.39, 0.29) is 24.0 Å². The number of thiazole rings is 1. The number of hydrogen-bond donors (Lipinski definition) is 2. The van der Waals surface area contributed by atoms with Crippen LogP contribution < -0.4 is 10.6 Å². The summed E-state index contributed by atoms with van der Waals surface area (Å²) in [4.78, 5) is 11.2. The quantitative estimate of drug-likeness (QED) is 0.382. The second kappa shape index (κ2) is 10.4. The van der Waals surface area contributed by atoms with Crippen molar-refractivity contribution < 1.29 is 0 Å². The second-order valence-corrected chi connectivity index (χ2v) is 7.38. The SMILES string of the molecule is CCc1cnc(CNC(=NC)NCCc2ccc(Cl)s2)s1.I. The van der Waals surface area contributed by atoms with Gasteiger partial charge < -0.3 is 10.6 Å². The Balaban J connectivity index is 0.00000242. The van der Waals surface area contributed by atoms with Gasteiger partial charge in [0.15, 0.2) is 5.96 Å². The van der Waals surface area contributed by atoms with Crippen LogP contribution in [0.1, 0.15) is 21.7 Å². The van der Waals surface area contributed by atoms with Gasteiger partial charge in [0.05, 0.1) is 10.9 Å². The van der Waals surface area contributed by atoms with Crippen LogP contribution in [0.15, 0.2) is 23.3 Å². The van der Waals surface area contributed by atoms with Gasteiger partial charge in [-0.2, -0.15) is 0 Å². The van der Waals surface area contributed by atoms with E-state index >= 15 is 0 Å². The maximum absolute atomic E-state index is 5.92. The Bertz CT molecular complexity index is 597. The maximum Gasteiger partial charge on any atom is 0.191 e. The number of hydrogen-bond acceptors (Lipinski definition) is 4.